The van der Waals surface area contributed by atoms with Crippen LogP contribution in [-0.4, -0.2) is 19.3 Å². The fraction of sp³-hybridized carbons (Fsp3) is 0.294. The van der Waals surface area contributed by atoms with Crippen molar-refractivity contribution in [3.63, 3.8) is 0 Å². The number of aryl methyl sites for hydroxylation is 1. The highest BCUT2D eigenvalue weighted by atomic mass is 16.5. The molecule has 4 nitrogen and oxygen atoms in total. The van der Waals surface area contributed by atoms with Gasteiger partial charge in [0.2, 0.25) is 0 Å². The van der Waals surface area contributed by atoms with Gasteiger partial charge in [0.25, 0.3) is 0 Å². The van der Waals surface area contributed by atoms with E-state index < -0.39 is 0 Å². The predicted octanol–water partition coefficient (Wildman–Crippen LogP) is 3.89. The molecule has 0 amide bonds. The molecule has 0 aromatic heterocycles. The average molecular weight is 287 g/mol. The zero-order chi connectivity index (χ0) is 15.4. The molecule has 2 rings (SSSR count). The lowest BCUT2D eigenvalue weighted by atomic mass is 10.1. The van der Waals surface area contributed by atoms with Gasteiger partial charge in [-0.2, -0.15) is 0 Å². The molecule has 0 fully saturated rings. The summed E-state index contributed by atoms with van der Waals surface area (Å²) < 4.78 is 10.5. The van der Waals surface area contributed by atoms with Gasteiger partial charge in [-0.3, -0.25) is 0 Å². The Morgan fingerprint density at radius 3 is 2.43 bits per heavy atom. The molecule has 2 aromatic rings. The third kappa shape index (κ3) is 3.40. The second kappa shape index (κ2) is 6.39. The first-order valence-electron chi connectivity index (χ1n) is 6.83. The van der Waals surface area contributed by atoms with Crippen LogP contribution in [0.5, 0.6) is 17.2 Å². The molecule has 21 heavy (non-hydrogen) atoms. The zero-order valence-electron chi connectivity index (χ0n) is 12.8. The van der Waals surface area contributed by atoms with Gasteiger partial charge in [0.15, 0.2) is 0 Å². The summed E-state index contributed by atoms with van der Waals surface area (Å²) in [4.78, 5) is 0. The van der Waals surface area contributed by atoms with Crippen molar-refractivity contribution in [3.8, 4) is 17.2 Å². The van der Waals surface area contributed by atoms with E-state index in [0.717, 1.165) is 22.6 Å². The van der Waals surface area contributed by atoms with E-state index in [9.17, 15) is 5.11 Å². The molecule has 0 heterocycles. The Morgan fingerprint density at radius 2 is 1.81 bits per heavy atom. The minimum atomic E-state index is -0.0633. The van der Waals surface area contributed by atoms with Crippen LogP contribution in [0.3, 0.4) is 0 Å². The third-order valence-electron chi connectivity index (χ3n) is 3.43. The molecule has 0 saturated heterocycles. The predicted molar refractivity (Wildman–Crippen MR) is 84.4 cm³/mol. The second-order valence-corrected chi connectivity index (χ2v) is 4.99. The fourth-order valence-electron chi connectivity index (χ4n) is 2.26. The van der Waals surface area contributed by atoms with E-state index in [-0.39, 0.29) is 11.8 Å². The second-order valence-electron chi connectivity index (χ2n) is 4.99. The van der Waals surface area contributed by atoms with E-state index >= 15 is 0 Å². The van der Waals surface area contributed by atoms with Crippen molar-refractivity contribution < 1.29 is 14.6 Å². The lowest BCUT2D eigenvalue weighted by Crippen LogP contribution is -2.08. The first kappa shape index (κ1) is 15.0. The molecule has 2 aromatic carbocycles. The number of hydrogen-bond donors (Lipinski definition) is 2. The van der Waals surface area contributed by atoms with Gasteiger partial charge in [-0.1, -0.05) is 6.07 Å². The van der Waals surface area contributed by atoms with Crippen molar-refractivity contribution in [1.82, 2.24) is 0 Å². The van der Waals surface area contributed by atoms with E-state index in [0.29, 0.717) is 5.75 Å². The molecule has 1 unspecified atom stereocenters. The van der Waals surface area contributed by atoms with Crippen LogP contribution in [0, 0.1) is 6.92 Å². The van der Waals surface area contributed by atoms with Gasteiger partial charge in [0.1, 0.15) is 17.2 Å². The Balaban J connectivity index is 2.25. The van der Waals surface area contributed by atoms with Crippen molar-refractivity contribution in [2.45, 2.75) is 19.9 Å². The number of benzene rings is 2. The van der Waals surface area contributed by atoms with E-state index in [1.165, 1.54) is 0 Å². The Labute approximate surface area is 125 Å². The lowest BCUT2D eigenvalue weighted by molar-refractivity contribution is 0.405. The Morgan fingerprint density at radius 1 is 1.05 bits per heavy atom. The van der Waals surface area contributed by atoms with Gasteiger partial charge in [0, 0.05) is 11.6 Å². The van der Waals surface area contributed by atoms with Crippen molar-refractivity contribution in [2.24, 2.45) is 0 Å². The molecule has 112 valence electrons. The maximum atomic E-state index is 10.1. The monoisotopic (exact) mass is 287 g/mol. The van der Waals surface area contributed by atoms with Gasteiger partial charge < -0.3 is 19.9 Å². The van der Waals surface area contributed by atoms with E-state index in [2.05, 4.69) is 5.32 Å². The van der Waals surface area contributed by atoms with E-state index in [1.807, 2.05) is 44.2 Å². The molecular weight excluding hydrogens is 266 g/mol. The number of methoxy groups -OCH3 is 2. The van der Waals surface area contributed by atoms with Crippen LogP contribution in [-0.2, 0) is 0 Å². The Kier molecular flexibility index (Phi) is 4.58. The summed E-state index contributed by atoms with van der Waals surface area (Å²) in [5.74, 6) is 1.62. The minimum absolute atomic E-state index is 0.0633. The Hall–Kier alpha value is -2.36. The molecule has 1 atom stereocenters. The number of phenols is 1. The van der Waals surface area contributed by atoms with Gasteiger partial charge >= 0.3 is 0 Å². The zero-order valence-corrected chi connectivity index (χ0v) is 12.8. The van der Waals surface area contributed by atoms with Crippen molar-refractivity contribution in [3.05, 3.63) is 47.5 Å². The van der Waals surface area contributed by atoms with Crippen molar-refractivity contribution >= 4 is 5.69 Å². The van der Waals surface area contributed by atoms with Crippen molar-refractivity contribution in [1.29, 1.82) is 0 Å². The number of nitrogens with one attached hydrogen (secondary N) is 1. The van der Waals surface area contributed by atoms with Gasteiger partial charge in [-0.05, 0) is 43.7 Å². The van der Waals surface area contributed by atoms with Crippen LogP contribution in [0.25, 0.3) is 0 Å². The molecule has 4 heteroatoms. The molecule has 0 aliphatic carbocycles. The molecule has 2 N–H and O–H groups in total. The van der Waals surface area contributed by atoms with Crippen molar-refractivity contribution in [2.75, 3.05) is 19.5 Å². The summed E-state index contributed by atoms with van der Waals surface area (Å²) >= 11 is 0. The average Bonchev–Trinajstić information content (AvgIpc) is 2.47. The minimum Gasteiger partial charge on any atom is -0.507 e. The van der Waals surface area contributed by atoms with Crippen LogP contribution in [0.4, 0.5) is 5.69 Å². The van der Waals surface area contributed by atoms with Crippen LogP contribution in [0.15, 0.2) is 36.4 Å². The van der Waals surface area contributed by atoms with Crippen LogP contribution in [0.2, 0.25) is 0 Å². The quantitative estimate of drug-likeness (QED) is 0.876. The van der Waals surface area contributed by atoms with Gasteiger partial charge in [-0.25, -0.2) is 0 Å². The molecule has 0 saturated carbocycles. The van der Waals surface area contributed by atoms with E-state index in [1.54, 1.807) is 20.3 Å². The summed E-state index contributed by atoms with van der Waals surface area (Å²) in [6, 6.07) is 11.2. The molecule has 0 aliphatic heterocycles. The highest BCUT2D eigenvalue weighted by Crippen LogP contribution is 2.33. The highest BCUT2D eigenvalue weighted by Gasteiger charge is 2.13. The van der Waals surface area contributed by atoms with Gasteiger partial charge in [0.05, 0.1) is 25.9 Å². The summed E-state index contributed by atoms with van der Waals surface area (Å²) in [7, 11) is 3.22. The smallest absolute Gasteiger partial charge is 0.141 e. The summed E-state index contributed by atoms with van der Waals surface area (Å²) in [6.45, 7) is 4.02. The molecule has 0 radical (unpaired) electrons. The van der Waals surface area contributed by atoms with Crippen LogP contribution < -0.4 is 14.8 Å². The number of hydrogen-bond acceptors (Lipinski definition) is 4. The standard InChI is InChI=1S/C17H21NO3/c1-11-5-8-17(21-4)15(9-11)18-12(2)14-7-6-13(20-3)10-16(14)19/h5-10,12,18-19H,1-4H3. The Bertz CT molecular complexity index is 625. The van der Waals surface area contributed by atoms with Crippen LogP contribution in [0.1, 0.15) is 24.1 Å². The molecule has 0 spiro atoms. The number of anilines is 1. The maximum absolute atomic E-state index is 10.1. The molecule has 0 bridgehead atoms. The number of aromatic hydroxyl groups is 1. The number of phenolic OH excluding ortho intramolecular Hbond substituents is 1. The summed E-state index contributed by atoms with van der Waals surface area (Å²) in [5, 5.41) is 13.5. The van der Waals surface area contributed by atoms with E-state index in [4.69, 9.17) is 9.47 Å². The summed E-state index contributed by atoms with van der Waals surface area (Å²) in [5.41, 5.74) is 2.85. The normalized spacial score (nSPS) is 11.8. The first-order valence-corrected chi connectivity index (χ1v) is 6.83. The van der Waals surface area contributed by atoms with Gasteiger partial charge in [-0.15, -0.1) is 0 Å². The number of ether oxygens (including phenoxy) is 2. The largest absolute Gasteiger partial charge is 0.507 e. The highest BCUT2D eigenvalue weighted by molar-refractivity contribution is 5.59. The molecular formula is C17H21NO3. The fourth-order valence-corrected chi connectivity index (χ4v) is 2.26. The lowest BCUT2D eigenvalue weighted by Gasteiger charge is -2.19. The summed E-state index contributed by atoms with van der Waals surface area (Å²) in [6.07, 6.45) is 0. The SMILES string of the molecule is COc1ccc(C(C)Nc2cc(C)ccc2OC)c(O)c1. The topological polar surface area (TPSA) is 50.7 Å². The number of rotatable bonds is 5. The maximum Gasteiger partial charge on any atom is 0.141 e. The van der Waals surface area contributed by atoms with Crippen LogP contribution >= 0.6 is 0 Å². The first-order chi connectivity index (χ1) is 10.0. The molecule has 0 aliphatic rings. The third-order valence-corrected chi connectivity index (χ3v) is 3.43.